The molecule has 4 aromatic rings. The van der Waals surface area contributed by atoms with Gasteiger partial charge in [0.05, 0.1) is 17.9 Å². The van der Waals surface area contributed by atoms with Gasteiger partial charge in [0.1, 0.15) is 17.1 Å². The summed E-state index contributed by atoms with van der Waals surface area (Å²) in [7, 11) is 1.64. The largest absolute Gasteiger partial charge is 0.497 e. The van der Waals surface area contributed by atoms with E-state index in [0.29, 0.717) is 28.0 Å². The molecule has 0 radical (unpaired) electrons. The zero-order valence-electron chi connectivity index (χ0n) is 29.7. The van der Waals surface area contributed by atoms with Gasteiger partial charge in [-0.2, -0.15) is 0 Å². The minimum atomic E-state index is -1.41. The van der Waals surface area contributed by atoms with Crippen LogP contribution in [0.2, 0.25) is 0 Å². The lowest BCUT2D eigenvalue weighted by molar-refractivity contribution is -0.0808. The van der Waals surface area contributed by atoms with Gasteiger partial charge in [-0.15, -0.1) is 0 Å². The van der Waals surface area contributed by atoms with Gasteiger partial charge in [-0.1, -0.05) is 80.6 Å². The molecule has 4 aromatic carbocycles. The predicted molar refractivity (Wildman–Crippen MR) is 190 cm³/mol. The summed E-state index contributed by atoms with van der Waals surface area (Å²) < 4.78 is 12.2. The maximum absolute atomic E-state index is 14.4. The smallest absolute Gasteiger partial charge is 0.172 e. The number of carbonyl (C=O) groups excluding carboxylic acids is 4. The van der Waals surface area contributed by atoms with Crippen LogP contribution in [0.25, 0.3) is 0 Å². The monoisotopic (exact) mass is 646 g/mol. The van der Waals surface area contributed by atoms with Crippen molar-refractivity contribution in [3.8, 4) is 11.5 Å². The van der Waals surface area contributed by atoms with E-state index >= 15 is 0 Å². The van der Waals surface area contributed by atoms with Crippen LogP contribution in [0.5, 0.6) is 11.5 Å². The Kier molecular flexibility index (Phi) is 10.0. The summed E-state index contributed by atoms with van der Waals surface area (Å²) in [6.07, 6.45) is 0. The van der Waals surface area contributed by atoms with Crippen molar-refractivity contribution < 1.29 is 28.7 Å². The number of rotatable bonds is 13. The van der Waals surface area contributed by atoms with Gasteiger partial charge in [-0.25, -0.2) is 0 Å². The van der Waals surface area contributed by atoms with Crippen LogP contribution >= 0.6 is 0 Å². The van der Waals surface area contributed by atoms with Crippen LogP contribution in [-0.4, -0.2) is 35.8 Å². The summed E-state index contributed by atoms with van der Waals surface area (Å²) in [5.41, 5.74) is -0.421. The van der Waals surface area contributed by atoms with Crippen LogP contribution in [0.1, 0.15) is 115 Å². The third kappa shape index (κ3) is 6.62. The minimum Gasteiger partial charge on any atom is -0.497 e. The van der Waals surface area contributed by atoms with Crippen LogP contribution in [-0.2, 0) is 5.41 Å². The van der Waals surface area contributed by atoms with Crippen molar-refractivity contribution in [3.63, 3.8) is 0 Å². The summed E-state index contributed by atoms with van der Waals surface area (Å²) in [5.74, 6) is 0.532. The molecule has 0 fully saturated rings. The van der Waals surface area contributed by atoms with Gasteiger partial charge in [0.2, 0.25) is 0 Å². The average Bonchev–Trinajstić information content (AvgIpc) is 3.07. The molecule has 0 aliphatic rings. The molecule has 0 spiro atoms. The van der Waals surface area contributed by atoms with Gasteiger partial charge in [0.25, 0.3) is 0 Å². The van der Waals surface area contributed by atoms with Crippen LogP contribution in [0.15, 0.2) is 97.1 Å². The second kappa shape index (κ2) is 13.3. The number of methoxy groups -OCH3 is 1. The molecule has 0 bridgehead atoms. The zero-order valence-corrected chi connectivity index (χ0v) is 29.7. The molecule has 0 saturated heterocycles. The maximum atomic E-state index is 14.4. The van der Waals surface area contributed by atoms with E-state index in [0.717, 1.165) is 16.9 Å². The molecule has 1 unspecified atom stereocenters. The lowest BCUT2D eigenvalue weighted by Crippen LogP contribution is -2.62. The summed E-state index contributed by atoms with van der Waals surface area (Å²) >= 11 is 0. The summed E-state index contributed by atoms with van der Waals surface area (Å²) in [6, 6.07) is 28.9. The van der Waals surface area contributed by atoms with Crippen molar-refractivity contribution in [2.75, 3.05) is 7.11 Å². The predicted octanol–water partition coefficient (Wildman–Crippen LogP) is 9.38. The van der Waals surface area contributed by atoms with Gasteiger partial charge in [0, 0.05) is 27.7 Å². The van der Waals surface area contributed by atoms with E-state index in [-0.39, 0.29) is 28.5 Å². The number of ketones is 4. The Morgan fingerprint density at radius 2 is 0.917 bits per heavy atom. The lowest BCUT2D eigenvalue weighted by atomic mass is 9.57. The second-order valence-corrected chi connectivity index (χ2v) is 14.2. The molecule has 0 amide bonds. The fraction of sp³-hybridized carbons (Fsp3) is 0.333. The maximum Gasteiger partial charge on any atom is 0.172 e. The van der Waals surface area contributed by atoms with E-state index in [1.54, 1.807) is 90.3 Å². The van der Waals surface area contributed by atoms with Gasteiger partial charge in [-0.3, -0.25) is 19.2 Å². The molecule has 250 valence electrons. The first-order chi connectivity index (χ1) is 22.4. The Bertz CT molecular complexity index is 1830. The molecular formula is C42H46O6. The van der Waals surface area contributed by atoms with Crippen molar-refractivity contribution in [1.29, 1.82) is 0 Å². The Hall–Kier alpha value is -4.84. The number of hydrogen-bond donors (Lipinski definition) is 0. The van der Waals surface area contributed by atoms with Crippen molar-refractivity contribution in [2.24, 2.45) is 10.8 Å². The average molecular weight is 647 g/mol. The topological polar surface area (TPSA) is 86.7 Å². The molecule has 6 nitrogen and oxygen atoms in total. The Labute approximate surface area is 284 Å². The molecule has 0 aromatic heterocycles. The molecule has 0 N–H and O–H groups in total. The fourth-order valence-corrected chi connectivity index (χ4v) is 6.28. The zero-order chi connectivity index (χ0) is 35.7. The Morgan fingerprint density at radius 3 is 1.38 bits per heavy atom. The number of carbonyl (C=O) groups is 4. The Morgan fingerprint density at radius 1 is 0.500 bits per heavy atom. The molecule has 0 heterocycles. The summed E-state index contributed by atoms with van der Waals surface area (Å²) in [4.78, 5) is 52.9. The van der Waals surface area contributed by atoms with E-state index in [1.165, 1.54) is 13.8 Å². The highest BCUT2D eigenvalue weighted by molar-refractivity contribution is 6.06. The van der Waals surface area contributed by atoms with E-state index in [1.807, 2.05) is 48.5 Å². The van der Waals surface area contributed by atoms with Gasteiger partial charge in [-0.05, 0) is 89.9 Å². The third-order valence-electron chi connectivity index (χ3n) is 10.3. The molecule has 0 saturated carbocycles. The molecule has 0 aliphatic carbocycles. The molecule has 1 atom stereocenters. The van der Waals surface area contributed by atoms with E-state index in [4.69, 9.17) is 9.47 Å². The van der Waals surface area contributed by atoms with Gasteiger partial charge in [0.15, 0.2) is 23.1 Å². The van der Waals surface area contributed by atoms with E-state index in [2.05, 4.69) is 13.8 Å². The molecule has 0 aliphatic heterocycles. The first-order valence-corrected chi connectivity index (χ1v) is 16.1. The molecule has 4 rings (SSSR count). The summed E-state index contributed by atoms with van der Waals surface area (Å²) in [6.45, 7) is 16.2. The van der Waals surface area contributed by atoms with Gasteiger partial charge < -0.3 is 9.47 Å². The first kappa shape index (κ1) is 36.0. The minimum absolute atomic E-state index is 0.0976. The van der Waals surface area contributed by atoms with E-state index < -0.39 is 16.4 Å². The number of benzene rings is 4. The molecule has 6 heteroatoms. The number of ether oxygens (including phenoxy) is 2. The van der Waals surface area contributed by atoms with Crippen LogP contribution in [0, 0.1) is 10.8 Å². The normalized spacial score (nSPS) is 13.3. The molecular weight excluding hydrogens is 600 g/mol. The van der Waals surface area contributed by atoms with Crippen molar-refractivity contribution >= 4 is 23.1 Å². The van der Waals surface area contributed by atoms with Crippen LogP contribution < -0.4 is 9.47 Å². The van der Waals surface area contributed by atoms with Crippen molar-refractivity contribution in [3.05, 3.63) is 130 Å². The highest BCUT2D eigenvalue weighted by Crippen LogP contribution is 2.50. The Balaban J connectivity index is 1.79. The van der Waals surface area contributed by atoms with E-state index in [9.17, 15) is 19.2 Å². The van der Waals surface area contributed by atoms with Crippen molar-refractivity contribution in [2.45, 2.75) is 73.3 Å². The molecule has 48 heavy (non-hydrogen) atoms. The number of hydrogen-bond acceptors (Lipinski definition) is 6. The fourth-order valence-electron chi connectivity index (χ4n) is 6.28. The summed E-state index contributed by atoms with van der Waals surface area (Å²) in [5, 5.41) is 0. The SMILES string of the molecule is COc1ccc(C(C)(C)c2ccc(OC(C)(C(C)(C)C(=O)c3ccc(C(C)=O)cc3)C(C)(C)C(=O)c3cccc(C(C)=O)c3)cc2)cc1. The lowest BCUT2D eigenvalue weighted by Gasteiger charge is -2.51. The van der Waals surface area contributed by atoms with Crippen molar-refractivity contribution in [1.82, 2.24) is 0 Å². The van der Waals surface area contributed by atoms with Crippen LogP contribution in [0.4, 0.5) is 0 Å². The van der Waals surface area contributed by atoms with Gasteiger partial charge >= 0.3 is 0 Å². The standard InChI is InChI=1S/C42H46O6/c1-27(43)29-14-16-30(17-15-29)37(45)40(5,6)42(9,41(7,8)38(46)32-13-11-12-31(26-32)28(2)44)48-36-24-20-34(21-25-36)39(3,4)33-18-22-35(47-10)23-19-33/h11-26H,1-10H3. The highest BCUT2D eigenvalue weighted by Gasteiger charge is 2.60. The number of Topliss-reactive ketones (excluding diaryl/α,β-unsaturated/α-hetero) is 4. The second-order valence-electron chi connectivity index (χ2n) is 14.2. The third-order valence-corrected chi connectivity index (χ3v) is 10.3. The highest BCUT2D eigenvalue weighted by atomic mass is 16.5. The first-order valence-electron chi connectivity index (χ1n) is 16.1. The van der Waals surface area contributed by atoms with Crippen LogP contribution in [0.3, 0.4) is 0 Å². The quantitative estimate of drug-likeness (QED) is 0.135.